The van der Waals surface area contributed by atoms with Crippen LogP contribution >= 0.6 is 0 Å². The Kier molecular flexibility index (Phi) is 8.81. The van der Waals surface area contributed by atoms with Crippen LogP contribution < -0.4 is 21.3 Å². The number of aryl methyl sites for hydroxylation is 1. The Bertz CT molecular complexity index is 1200. The number of urea groups is 1. The zero-order valence-corrected chi connectivity index (χ0v) is 20.7. The van der Waals surface area contributed by atoms with Crippen LogP contribution in [0.3, 0.4) is 0 Å². The molecule has 3 aromatic rings. The van der Waals surface area contributed by atoms with Crippen LogP contribution in [0.25, 0.3) is 0 Å². The van der Waals surface area contributed by atoms with Crippen molar-refractivity contribution in [3.63, 3.8) is 0 Å². The van der Waals surface area contributed by atoms with Crippen molar-refractivity contribution in [3.05, 3.63) is 89.5 Å². The second kappa shape index (κ2) is 12.0. The van der Waals surface area contributed by atoms with Crippen LogP contribution in [0.2, 0.25) is 0 Å². The minimum absolute atomic E-state index is 0.0231. The second-order valence-corrected chi connectivity index (χ2v) is 9.05. The number of para-hydroxylation sites is 1. The monoisotopic (exact) mass is 488 g/mol. The Balaban J connectivity index is 1.51. The Labute approximate surface area is 211 Å². The highest BCUT2D eigenvalue weighted by molar-refractivity contribution is 6.03. The van der Waals surface area contributed by atoms with E-state index in [0.717, 1.165) is 22.5 Å². The molecule has 0 unspecified atom stereocenters. The molecule has 0 spiro atoms. The maximum Gasteiger partial charge on any atom is 0.323 e. The summed E-state index contributed by atoms with van der Waals surface area (Å²) in [7, 11) is 0. The summed E-state index contributed by atoms with van der Waals surface area (Å²) in [6.07, 6.45) is 0.0231. The molecular formula is C28H32N4O4. The third kappa shape index (κ3) is 7.68. The van der Waals surface area contributed by atoms with Crippen LogP contribution in [0, 0.1) is 6.92 Å². The summed E-state index contributed by atoms with van der Waals surface area (Å²) in [6, 6.07) is 21.7. The second-order valence-electron chi connectivity index (χ2n) is 9.05. The SMILES string of the molecule is Cc1ccccc1NC(=O)Nc1ccc(CNC(C)(C)C(=O)c2ccc(NCCC(=O)O)cc2)cc1. The van der Waals surface area contributed by atoms with Gasteiger partial charge in [-0.15, -0.1) is 0 Å². The van der Waals surface area contributed by atoms with Crippen LogP contribution in [0.1, 0.15) is 41.8 Å². The lowest BCUT2D eigenvalue weighted by molar-refractivity contribution is -0.136. The zero-order valence-electron chi connectivity index (χ0n) is 20.7. The summed E-state index contributed by atoms with van der Waals surface area (Å²) in [5.74, 6) is -0.914. The first-order valence-corrected chi connectivity index (χ1v) is 11.7. The lowest BCUT2D eigenvalue weighted by atomic mass is 9.92. The maximum atomic E-state index is 13.0. The van der Waals surface area contributed by atoms with Crippen LogP contribution in [0.5, 0.6) is 0 Å². The molecule has 188 valence electrons. The van der Waals surface area contributed by atoms with Gasteiger partial charge in [0, 0.05) is 35.7 Å². The minimum Gasteiger partial charge on any atom is -0.481 e. The number of hydrogen-bond acceptors (Lipinski definition) is 5. The molecule has 3 aromatic carbocycles. The summed E-state index contributed by atoms with van der Waals surface area (Å²) in [6.45, 7) is 6.39. The average molecular weight is 489 g/mol. The predicted octanol–water partition coefficient (Wildman–Crippen LogP) is 5.28. The first-order chi connectivity index (χ1) is 17.1. The summed E-state index contributed by atoms with van der Waals surface area (Å²) in [4.78, 5) is 36.0. The van der Waals surface area contributed by atoms with Gasteiger partial charge in [-0.2, -0.15) is 0 Å². The van der Waals surface area contributed by atoms with Gasteiger partial charge in [-0.1, -0.05) is 30.3 Å². The van der Waals surface area contributed by atoms with Gasteiger partial charge in [0.1, 0.15) is 0 Å². The molecule has 0 heterocycles. The molecule has 5 N–H and O–H groups in total. The van der Waals surface area contributed by atoms with Crippen LogP contribution in [-0.4, -0.2) is 35.0 Å². The molecule has 0 aliphatic rings. The smallest absolute Gasteiger partial charge is 0.323 e. The lowest BCUT2D eigenvalue weighted by Gasteiger charge is -2.25. The fourth-order valence-electron chi connectivity index (χ4n) is 3.52. The molecule has 3 rings (SSSR count). The van der Waals surface area contributed by atoms with E-state index in [4.69, 9.17) is 5.11 Å². The number of nitrogens with one attached hydrogen (secondary N) is 4. The van der Waals surface area contributed by atoms with E-state index in [1.165, 1.54) is 0 Å². The molecule has 0 fully saturated rings. The quantitative estimate of drug-likeness (QED) is 0.234. The van der Waals surface area contributed by atoms with Crippen LogP contribution in [0.4, 0.5) is 21.9 Å². The summed E-state index contributed by atoms with van der Waals surface area (Å²) in [5.41, 5.74) is 3.90. The summed E-state index contributed by atoms with van der Waals surface area (Å²) >= 11 is 0. The normalized spacial score (nSPS) is 11.0. The highest BCUT2D eigenvalue weighted by atomic mass is 16.4. The number of benzene rings is 3. The van der Waals surface area contributed by atoms with Gasteiger partial charge in [0.25, 0.3) is 0 Å². The van der Waals surface area contributed by atoms with Crippen LogP contribution in [-0.2, 0) is 11.3 Å². The zero-order chi connectivity index (χ0) is 26.1. The summed E-state index contributed by atoms with van der Waals surface area (Å²) in [5, 5.41) is 20.7. The highest BCUT2D eigenvalue weighted by Gasteiger charge is 2.27. The number of Topliss-reactive ketones (excluding diaryl/α,β-unsaturated/α-hetero) is 1. The van der Waals surface area contributed by atoms with Gasteiger partial charge >= 0.3 is 12.0 Å². The van der Waals surface area contributed by atoms with E-state index in [2.05, 4.69) is 21.3 Å². The first-order valence-electron chi connectivity index (χ1n) is 11.7. The Morgan fingerprint density at radius 3 is 2.11 bits per heavy atom. The van der Waals surface area contributed by atoms with E-state index >= 15 is 0 Å². The van der Waals surface area contributed by atoms with E-state index in [1.54, 1.807) is 24.3 Å². The van der Waals surface area contributed by atoms with E-state index in [-0.39, 0.29) is 18.2 Å². The van der Waals surface area contributed by atoms with Gasteiger partial charge in [-0.25, -0.2) is 4.79 Å². The van der Waals surface area contributed by atoms with Crippen molar-refractivity contribution in [3.8, 4) is 0 Å². The number of rotatable bonds is 11. The molecule has 8 heteroatoms. The number of ketones is 1. The standard InChI is InChI=1S/C28H32N4O4/c1-19-6-4-5-7-24(19)32-27(36)31-23-12-8-20(9-13-23)18-30-28(2,3)26(35)21-10-14-22(15-11-21)29-17-16-25(33)34/h4-15,29-30H,16-18H2,1-3H3,(H,33,34)(H2,31,32,36). The topological polar surface area (TPSA) is 120 Å². The van der Waals surface area contributed by atoms with Crippen molar-refractivity contribution < 1.29 is 19.5 Å². The van der Waals surface area contributed by atoms with E-state index in [1.807, 2.05) is 69.3 Å². The van der Waals surface area contributed by atoms with Crippen LogP contribution in [0.15, 0.2) is 72.8 Å². The van der Waals surface area contributed by atoms with Crippen molar-refractivity contribution in [2.24, 2.45) is 0 Å². The van der Waals surface area contributed by atoms with Gasteiger partial charge in [0.15, 0.2) is 5.78 Å². The van der Waals surface area contributed by atoms with Gasteiger partial charge in [0.2, 0.25) is 0 Å². The summed E-state index contributed by atoms with van der Waals surface area (Å²) < 4.78 is 0. The molecule has 36 heavy (non-hydrogen) atoms. The number of aliphatic carboxylic acids is 1. The molecular weight excluding hydrogens is 456 g/mol. The molecule has 2 amide bonds. The third-order valence-corrected chi connectivity index (χ3v) is 5.72. The number of carbonyl (C=O) groups excluding carboxylic acids is 2. The van der Waals surface area contributed by atoms with Gasteiger partial charge in [-0.05, 0) is 74.4 Å². The minimum atomic E-state index is -0.864. The molecule has 0 atom stereocenters. The molecule has 8 nitrogen and oxygen atoms in total. The average Bonchev–Trinajstić information content (AvgIpc) is 2.85. The number of carboxylic acid groups (broad SMARTS) is 1. The van der Waals surface area contributed by atoms with E-state index in [0.29, 0.717) is 24.3 Å². The number of carbonyl (C=O) groups is 3. The fraction of sp³-hybridized carbons (Fsp3) is 0.250. The Morgan fingerprint density at radius 1 is 0.833 bits per heavy atom. The molecule has 0 bridgehead atoms. The van der Waals surface area contributed by atoms with Crippen molar-refractivity contribution >= 4 is 34.8 Å². The van der Waals surface area contributed by atoms with Crippen molar-refractivity contribution in [1.82, 2.24) is 5.32 Å². The Morgan fingerprint density at radius 2 is 1.47 bits per heavy atom. The molecule has 0 aromatic heterocycles. The van der Waals surface area contributed by atoms with Crippen molar-refractivity contribution in [1.29, 1.82) is 0 Å². The largest absolute Gasteiger partial charge is 0.481 e. The van der Waals surface area contributed by atoms with E-state index < -0.39 is 11.5 Å². The molecule has 0 aliphatic heterocycles. The van der Waals surface area contributed by atoms with Gasteiger partial charge in [-0.3, -0.25) is 9.59 Å². The highest BCUT2D eigenvalue weighted by Crippen LogP contribution is 2.18. The number of amides is 2. The van der Waals surface area contributed by atoms with Crippen molar-refractivity contribution in [2.45, 2.75) is 39.3 Å². The molecule has 0 saturated heterocycles. The number of carboxylic acids is 1. The van der Waals surface area contributed by atoms with Crippen molar-refractivity contribution in [2.75, 3.05) is 22.5 Å². The van der Waals surface area contributed by atoms with E-state index in [9.17, 15) is 14.4 Å². The number of hydrogen-bond donors (Lipinski definition) is 5. The number of anilines is 3. The maximum absolute atomic E-state index is 13.0. The molecule has 0 aliphatic carbocycles. The lowest BCUT2D eigenvalue weighted by Crippen LogP contribution is -2.46. The molecule has 0 radical (unpaired) electrons. The van der Waals surface area contributed by atoms with Gasteiger partial charge < -0.3 is 26.4 Å². The van der Waals surface area contributed by atoms with Gasteiger partial charge in [0.05, 0.1) is 12.0 Å². The Hall–Kier alpha value is -4.17. The third-order valence-electron chi connectivity index (χ3n) is 5.72. The molecule has 0 saturated carbocycles. The predicted molar refractivity (Wildman–Crippen MR) is 143 cm³/mol. The first kappa shape index (κ1) is 26.4. The fourth-order valence-corrected chi connectivity index (χ4v) is 3.52.